The lowest BCUT2D eigenvalue weighted by Crippen LogP contribution is -2.06. The molecule has 4 heterocycles. The van der Waals surface area contributed by atoms with Crippen molar-refractivity contribution in [1.29, 1.82) is 0 Å². The molecule has 8 rings (SSSR count). The van der Waals surface area contributed by atoms with Gasteiger partial charge in [-0.2, -0.15) is 27.0 Å². The van der Waals surface area contributed by atoms with E-state index in [9.17, 15) is 25.9 Å². The maximum Gasteiger partial charge on any atom is 0.304 e. The first-order chi connectivity index (χ1) is 25.3. The van der Waals surface area contributed by atoms with Crippen LogP contribution in [-0.4, -0.2) is 58.7 Å². The minimum atomic E-state index is -4.31. The summed E-state index contributed by atoms with van der Waals surface area (Å²) in [7, 11) is -8.62. The Balaban J connectivity index is 0.918. The Morgan fingerprint density at radius 3 is 1.43 bits per heavy atom. The third kappa shape index (κ3) is 7.29. The Labute approximate surface area is 315 Å². The summed E-state index contributed by atoms with van der Waals surface area (Å²) in [4.78, 5) is 1.75. The number of fused-ring (bicyclic) bond motifs is 6. The SMILES string of the molecule is Cc1ccc(Cn2nc(COCCCOCc3nn(Cc4ccc(C)cc4)c4c3Cc3sc(S(=O)(=O)O)cc3-4)c3c2-c2cc(S(=O)(=O)O)sc2C3)cc1. The average molecular weight is 793 g/mol. The molecule has 0 saturated carbocycles. The Morgan fingerprint density at radius 1 is 0.660 bits per heavy atom. The third-order valence-electron chi connectivity index (χ3n) is 9.49. The van der Waals surface area contributed by atoms with Crippen LogP contribution in [0.4, 0.5) is 0 Å². The van der Waals surface area contributed by atoms with E-state index in [1.807, 2.05) is 47.5 Å². The van der Waals surface area contributed by atoms with E-state index in [1.165, 1.54) is 12.1 Å². The van der Waals surface area contributed by atoms with Crippen LogP contribution < -0.4 is 0 Å². The highest BCUT2D eigenvalue weighted by molar-refractivity contribution is 7.88. The number of aryl methyl sites for hydroxylation is 2. The van der Waals surface area contributed by atoms with E-state index in [1.54, 1.807) is 0 Å². The van der Waals surface area contributed by atoms with Crippen molar-refractivity contribution in [3.8, 4) is 22.5 Å². The van der Waals surface area contributed by atoms with Crippen LogP contribution in [0.5, 0.6) is 0 Å². The van der Waals surface area contributed by atoms with Crippen molar-refractivity contribution >= 4 is 42.9 Å². The van der Waals surface area contributed by atoms with Crippen molar-refractivity contribution in [1.82, 2.24) is 19.6 Å². The van der Waals surface area contributed by atoms with Crippen LogP contribution in [0, 0.1) is 13.8 Å². The lowest BCUT2D eigenvalue weighted by molar-refractivity contribution is 0.0667. The van der Waals surface area contributed by atoms with Gasteiger partial charge in [0, 0.05) is 58.1 Å². The van der Waals surface area contributed by atoms with Gasteiger partial charge in [0.15, 0.2) is 0 Å². The van der Waals surface area contributed by atoms with Gasteiger partial charge in [0.05, 0.1) is 49.1 Å². The first kappa shape index (κ1) is 36.0. The first-order valence-electron chi connectivity index (χ1n) is 17.0. The number of hydrogen-bond donors (Lipinski definition) is 2. The molecule has 0 spiro atoms. The molecule has 0 aliphatic heterocycles. The Kier molecular flexibility index (Phi) is 9.52. The molecular weight excluding hydrogens is 757 g/mol. The van der Waals surface area contributed by atoms with Gasteiger partial charge in [-0.05, 0) is 43.5 Å². The van der Waals surface area contributed by atoms with Crippen LogP contribution in [0.2, 0.25) is 0 Å². The van der Waals surface area contributed by atoms with Crippen molar-refractivity contribution in [2.45, 2.75) is 67.8 Å². The van der Waals surface area contributed by atoms with Crippen LogP contribution in [-0.2, 0) is 68.9 Å². The zero-order valence-electron chi connectivity index (χ0n) is 28.9. The van der Waals surface area contributed by atoms with Crippen LogP contribution in [0.3, 0.4) is 0 Å². The van der Waals surface area contributed by atoms with Gasteiger partial charge in [-0.1, -0.05) is 59.7 Å². The molecular formula is C37H36N4O8S4. The van der Waals surface area contributed by atoms with Gasteiger partial charge in [0.1, 0.15) is 8.42 Å². The van der Waals surface area contributed by atoms with Crippen molar-refractivity contribution in [2.75, 3.05) is 13.2 Å². The smallest absolute Gasteiger partial charge is 0.304 e. The summed E-state index contributed by atoms with van der Waals surface area (Å²) in [6, 6.07) is 19.5. The lowest BCUT2D eigenvalue weighted by atomic mass is 10.1. The monoisotopic (exact) mass is 792 g/mol. The van der Waals surface area contributed by atoms with Gasteiger partial charge >= 0.3 is 20.2 Å². The fraction of sp³-hybridized carbons (Fsp3) is 0.297. The van der Waals surface area contributed by atoms with E-state index in [-0.39, 0.29) is 21.6 Å². The molecule has 2 N–H and O–H groups in total. The van der Waals surface area contributed by atoms with Gasteiger partial charge in [-0.15, -0.1) is 22.7 Å². The largest absolute Gasteiger partial charge is 0.375 e. The van der Waals surface area contributed by atoms with E-state index < -0.39 is 20.2 Å². The predicted octanol–water partition coefficient (Wildman–Crippen LogP) is 6.68. The molecule has 4 aromatic heterocycles. The second-order valence-corrected chi connectivity index (χ2v) is 19.0. The van der Waals surface area contributed by atoms with Crippen molar-refractivity contribution in [3.05, 3.63) is 115 Å². The Hall–Kier alpha value is -4.00. The predicted molar refractivity (Wildman–Crippen MR) is 201 cm³/mol. The molecule has 53 heavy (non-hydrogen) atoms. The van der Waals surface area contributed by atoms with Gasteiger partial charge < -0.3 is 9.47 Å². The van der Waals surface area contributed by atoms with E-state index in [0.717, 1.165) is 99.7 Å². The average Bonchev–Trinajstić information content (AvgIpc) is 3.92. The molecule has 16 heteroatoms. The number of ether oxygens (including phenoxy) is 2. The summed E-state index contributed by atoms with van der Waals surface area (Å²) in [6.45, 7) is 6.52. The number of thiophene rings is 2. The first-order valence-corrected chi connectivity index (χ1v) is 21.5. The Bertz CT molecular complexity index is 2390. The van der Waals surface area contributed by atoms with E-state index >= 15 is 0 Å². The van der Waals surface area contributed by atoms with Crippen LogP contribution in [0.25, 0.3) is 22.5 Å². The quantitative estimate of drug-likeness (QED) is 0.0898. The number of aromatic nitrogens is 4. The second kappa shape index (κ2) is 14.0. The van der Waals surface area contributed by atoms with Crippen molar-refractivity contribution < 1.29 is 35.4 Å². The van der Waals surface area contributed by atoms with Crippen molar-refractivity contribution in [3.63, 3.8) is 0 Å². The highest BCUT2D eigenvalue weighted by Gasteiger charge is 2.33. The molecule has 6 aromatic rings. The number of hydrogen-bond acceptors (Lipinski definition) is 10. The van der Waals surface area contributed by atoms with Crippen LogP contribution in [0.15, 0.2) is 69.1 Å². The molecule has 0 atom stereocenters. The molecule has 0 radical (unpaired) electrons. The minimum absolute atomic E-state index is 0.0700. The Morgan fingerprint density at radius 2 is 1.06 bits per heavy atom. The topological polar surface area (TPSA) is 163 Å². The highest BCUT2D eigenvalue weighted by Crippen LogP contribution is 2.46. The maximum absolute atomic E-state index is 11.9. The van der Waals surface area contributed by atoms with Gasteiger partial charge in [-0.3, -0.25) is 18.5 Å². The molecule has 2 aromatic carbocycles. The fourth-order valence-electron chi connectivity index (χ4n) is 6.91. The molecule has 12 nitrogen and oxygen atoms in total. The molecule has 2 aliphatic rings. The highest BCUT2D eigenvalue weighted by atomic mass is 32.3. The summed E-state index contributed by atoms with van der Waals surface area (Å²) in [5, 5.41) is 9.78. The standard InChI is InChI=1S/C37H36N4O8S4/c1-22-4-8-24(9-5-22)18-40-36-26(14-32-28(36)16-34(50-32)52(42,43)44)30(38-40)20-48-12-3-13-49-21-31-27-15-33-29(17-35(51-33)53(45,46)47)37(27)41(39-31)19-25-10-6-23(2)7-11-25/h4-11,16-17H,3,12-15,18-21H2,1-2H3,(H,42,43,44)(H,45,46,47). The summed E-state index contributed by atoms with van der Waals surface area (Å²) in [5.41, 5.74) is 11.3. The van der Waals surface area contributed by atoms with Crippen LogP contribution >= 0.6 is 22.7 Å². The maximum atomic E-state index is 11.9. The summed E-state index contributed by atoms with van der Waals surface area (Å²) < 4.78 is 82.7. The van der Waals surface area contributed by atoms with E-state index in [2.05, 4.69) is 24.3 Å². The van der Waals surface area contributed by atoms with Gasteiger partial charge in [0.25, 0.3) is 0 Å². The minimum Gasteiger partial charge on any atom is -0.375 e. The van der Waals surface area contributed by atoms with Crippen LogP contribution in [0.1, 0.15) is 60.9 Å². The van der Waals surface area contributed by atoms with E-state index in [0.29, 0.717) is 45.6 Å². The number of benzene rings is 2. The molecule has 0 fully saturated rings. The van der Waals surface area contributed by atoms with Crippen molar-refractivity contribution in [2.24, 2.45) is 0 Å². The second-order valence-electron chi connectivity index (χ2n) is 13.4. The lowest BCUT2D eigenvalue weighted by Gasteiger charge is -2.07. The molecule has 0 unspecified atom stereocenters. The number of rotatable bonds is 14. The summed E-state index contributed by atoms with van der Waals surface area (Å²) >= 11 is 2.17. The number of nitrogens with zero attached hydrogens (tertiary/aromatic N) is 4. The molecule has 2 aliphatic carbocycles. The van der Waals surface area contributed by atoms with Gasteiger partial charge in [-0.25, -0.2) is 0 Å². The zero-order chi connectivity index (χ0) is 37.1. The molecule has 0 bridgehead atoms. The van der Waals surface area contributed by atoms with E-state index in [4.69, 9.17) is 19.7 Å². The third-order valence-corrected chi connectivity index (χ3v) is 14.4. The fourth-order valence-corrected chi connectivity index (χ4v) is 10.7. The van der Waals surface area contributed by atoms with Gasteiger partial charge in [0.2, 0.25) is 0 Å². The molecule has 0 amide bonds. The summed E-state index contributed by atoms with van der Waals surface area (Å²) in [6.07, 6.45) is 1.67. The normalized spacial score (nSPS) is 13.4. The molecule has 276 valence electrons. The zero-order valence-corrected chi connectivity index (χ0v) is 32.2. The summed E-state index contributed by atoms with van der Waals surface area (Å²) in [5.74, 6) is 0. The molecule has 0 saturated heterocycles.